The summed E-state index contributed by atoms with van der Waals surface area (Å²) in [4.78, 5) is 80.4. The molecule has 4 bridgehead atoms. The van der Waals surface area contributed by atoms with Crippen LogP contribution >= 0.6 is 0 Å². The first-order chi connectivity index (χ1) is 34.2. The number of fused-ring (bicyclic) bond motifs is 10. The van der Waals surface area contributed by atoms with Crippen molar-refractivity contribution in [2.45, 2.75) is 228 Å². The second kappa shape index (κ2) is 18.1. The highest BCUT2D eigenvalue weighted by molar-refractivity contribution is 6.70. The minimum Gasteiger partial charge on any atom is -0.459 e. The number of ketones is 2. The van der Waals surface area contributed by atoms with E-state index in [1.807, 2.05) is 55.4 Å². The molecule has 16 nitrogen and oxygen atoms in total. The number of rotatable bonds is 7. The van der Waals surface area contributed by atoms with Gasteiger partial charge in [-0.25, -0.2) is 4.79 Å². The van der Waals surface area contributed by atoms with Crippen LogP contribution in [0.5, 0.6) is 0 Å². The van der Waals surface area contributed by atoms with Crippen LogP contribution < -0.4 is 0 Å². The van der Waals surface area contributed by atoms with Gasteiger partial charge >= 0.3 is 24.1 Å². The van der Waals surface area contributed by atoms with Crippen molar-refractivity contribution in [3.8, 4) is 0 Å². The number of ether oxygens (including phenoxy) is 7. The van der Waals surface area contributed by atoms with Crippen LogP contribution in [0, 0.1) is 57.2 Å². The summed E-state index contributed by atoms with van der Waals surface area (Å²) in [5, 5.41) is 13.0. The molecule has 3 saturated heterocycles. The highest BCUT2D eigenvalue weighted by Gasteiger charge is 2.81. The molecule has 4 saturated carbocycles. The van der Waals surface area contributed by atoms with Crippen molar-refractivity contribution < 1.29 is 75.9 Å². The van der Waals surface area contributed by atoms with Crippen molar-refractivity contribution in [3.05, 3.63) is 22.3 Å². The van der Waals surface area contributed by atoms with E-state index in [1.165, 1.54) is 20.8 Å². The molecule has 18 heteroatoms. The Labute approximate surface area is 447 Å². The summed E-state index contributed by atoms with van der Waals surface area (Å²) in [6.45, 7) is 40.8. The van der Waals surface area contributed by atoms with Crippen molar-refractivity contribution in [1.29, 1.82) is 0 Å². The zero-order chi connectivity index (χ0) is 56.3. The van der Waals surface area contributed by atoms with Gasteiger partial charge in [0.05, 0.1) is 37.3 Å². The lowest BCUT2D eigenvalue weighted by molar-refractivity contribution is -0.341. The molecule has 0 aromatic heterocycles. The second-order valence-electron chi connectivity index (χ2n) is 27.7. The SMILES string of the molecule is CC(=O)O[C@@]12CO[C@@H]1C[C@H](C)[C@@]1(C)C(=O)[C@H](C)C3=C(C)[C@@H](O[Si](C)(C)C)C[C@]4(OC(=O)O[C@H]4C12)C3(C)C.CC(=O)O[C@H]1C2[C@](C)(C(=O)[C@H](C)C3=C(C)[C@@H](O[Si](C)(C)C)C[C@]1(O)C3(C)C)[C@@H](C)C[C@H]1OC[C@@]21OC(C)=O. The monoisotopic (exact) mass is 1080 g/mol. The summed E-state index contributed by atoms with van der Waals surface area (Å²) in [7, 11) is -4.09. The number of esters is 3. The molecule has 0 aromatic carbocycles. The number of aliphatic hydroxyl groups is 1. The van der Waals surface area contributed by atoms with Gasteiger partial charge in [0.15, 0.2) is 39.5 Å². The first kappa shape index (κ1) is 57.9. The van der Waals surface area contributed by atoms with Crippen LogP contribution in [0.1, 0.15) is 130 Å². The van der Waals surface area contributed by atoms with Crippen LogP contribution in [0.15, 0.2) is 22.3 Å². The molecule has 9 rings (SSSR count). The molecule has 0 aromatic rings. The molecular formula is C57H88O16Si2. The first-order valence-electron chi connectivity index (χ1n) is 27.4. The highest BCUT2D eigenvalue weighted by Crippen LogP contribution is 2.69. The molecule has 1 spiro atoms. The molecule has 2 unspecified atom stereocenters. The maximum atomic E-state index is 14.8. The van der Waals surface area contributed by atoms with Crippen molar-refractivity contribution in [2.75, 3.05) is 13.2 Å². The lowest BCUT2D eigenvalue weighted by atomic mass is 9.42. The van der Waals surface area contributed by atoms with Gasteiger partial charge in [-0.3, -0.25) is 24.0 Å². The lowest BCUT2D eigenvalue weighted by Crippen LogP contribution is -2.80. The van der Waals surface area contributed by atoms with E-state index in [4.69, 9.17) is 42.0 Å². The van der Waals surface area contributed by atoms with E-state index >= 15 is 0 Å². The average Bonchev–Trinajstić information content (AvgIpc) is 3.58. The number of hydrogen-bond donors (Lipinski definition) is 1. The van der Waals surface area contributed by atoms with Crippen molar-refractivity contribution in [2.24, 2.45) is 57.2 Å². The third-order valence-electron chi connectivity index (χ3n) is 20.6. The van der Waals surface area contributed by atoms with E-state index in [2.05, 4.69) is 67.0 Å². The summed E-state index contributed by atoms with van der Waals surface area (Å²) in [5.74, 6) is -4.08. The lowest BCUT2D eigenvalue weighted by Gasteiger charge is -2.68. The van der Waals surface area contributed by atoms with Crippen LogP contribution in [-0.2, 0) is 66.0 Å². The van der Waals surface area contributed by atoms with Gasteiger partial charge in [-0.05, 0) is 100 Å². The van der Waals surface area contributed by atoms with Crippen LogP contribution in [0.25, 0.3) is 0 Å². The fraction of sp³-hybridized carbons (Fsp3) is 0.825. The molecule has 75 heavy (non-hydrogen) atoms. The maximum Gasteiger partial charge on any atom is 0.509 e. The Kier molecular flexibility index (Phi) is 14.0. The van der Waals surface area contributed by atoms with E-state index in [1.54, 1.807) is 0 Å². The first-order valence-corrected chi connectivity index (χ1v) is 34.3. The Morgan fingerprint density at radius 3 is 1.43 bits per heavy atom. The van der Waals surface area contributed by atoms with Crippen LogP contribution in [0.4, 0.5) is 4.79 Å². The largest absolute Gasteiger partial charge is 0.509 e. The van der Waals surface area contributed by atoms with Gasteiger partial charge in [0.25, 0.3) is 0 Å². The predicted octanol–water partition coefficient (Wildman–Crippen LogP) is 9.01. The average molecular weight is 1090 g/mol. The molecule has 3 heterocycles. The summed E-state index contributed by atoms with van der Waals surface area (Å²) in [6.07, 6.45) is -2.58. The molecule has 6 aliphatic carbocycles. The van der Waals surface area contributed by atoms with Crippen LogP contribution in [0.2, 0.25) is 39.3 Å². The predicted molar refractivity (Wildman–Crippen MR) is 281 cm³/mol. The highest BCUT2D eigenvalue weighted by atomic mass is 28.4. The number of carbonyl (C=O) groups is 6. The zero-order valence-corrected chi connectivity index (χ0v) is 50.7. The van der Waals surface area contributed by atoms with E-state index in [0.717, 1.165) is 22.3 Å². The quantitative estimate of drug-likeness (QED) is 0.109. The Morgan fingerprint density at radius 2 is 1.03 bits per heavy atom. The smallest absolute Gasteiger partial charge is 0.459 e. The molecular weight excluding hydrogens is 997 g/mol. The summed E-state index contributed by atoms with van der Waals surface area (Å²) >= 11 is 0. The van der Waals surface area contributed by atoms with E-state index in [0.29, 0.717) is 19.3 Å². The zero-order valence-electron chi connectivity index (χ0n) is 48.7. The topological polar surface area (TPSA) is 206 Å². The normalized spacial score (nSPS) is 45.2. The molecule has 420 valence electrons. The molecule has 9 aliphatic rings. The Hall–Kier alpha value is -3.27. The van der Waals surface area contributed by atoms with E-state index in [-0.39, 0.29) is 55.2 Å². The number of carbonyl (C=O) groups excluding carboxylic acids is 6. The van der Waals surface area contributed by atoms with Gasteiger partial charge in [0.1, 0.15) is 35.5 Å². The Bertz CT molecular complexity index is 2500. The van der Waals surface area contributed by atoms with Gasteiger partial charge < -0.3 is 47.1 Å². The third kappa shape index (κ3) is 8.21. The summed E-state index contributed by atoms with van der Waals surface area (Å²) in [6, 6.07) is 0. The van der Waals surface area contributed by atoms with Gasteiger partial charge in [0.2, 0.25) is 0 Å². The van der Waals surface area contributed by atoms with E-state index in [9.17, 15) is 33.9 Å². The molecule has 0 amide bonds. The van der Waals surface area contributed by atoms with Crippen LogP contribution in [0.3, 0.4) is 0 Å². The number of hydrogen-bond acceptors (Lipinski definition) is 16. The Balaban J connectivity index is 0.000000199. The maximum absolute atomic E-state index is 14.8. The number of Topliss-reactive ketones (excluding diaryl/α,β-unsaturated/α-hetero) is 2. The molecule has 7 fully saturated rings. The minimum absolute atomic E-state index is 0.00200. The third-order valence-corrected chi connectivity index (χ3v) is 22.6. The minimum atomic E-state index is -2.07. The fourth-order valence-electron chi connectivity index (χ4n) is 17.1. The molecule has 0 radical (unpaired) electrons. The van der Waals surface area contributed by atoms with Crippen LogP contribution in [-0.4, -0.2) is 130 Å². The van der Waals surface area contributed by atoms with Crippen molar-refractivity contribution in [3.63, 3.8) is 0 Å². The fourth-order valence-corrected chi connectivity index (χ4v) is 19.4. The Morgan fingerprint density at radius 1 is 0.613 bits per heavy atom. The molecule has 18 atom stereocenters. The second-order valence-corrected chi connectivity index (χ2v) is 36.6. The van der Waals surface area contributed by atoms with Gasteiger partial charge in [-0.1, -0.05) is 69.2 Å². The van der Waals surface area contributed by atoms with Gasteiger partial charge in [-0.15, -0.1) is 0 Å². The van der Waals surface area contributed by atoms with E-state index < -0.39 is 133 Å². The summed E-state index contributed by atoms with van der Waals surface area (Å²) in [5.41, 5.74) is -4.81. The standard InChI is InChI=1S/C29H46O8Si.C28H42O8Si/c1-15-12-21-28(14-34-21,36-19(5)31)23-25(35-18(4)30)29(33)13-20(37-38(9,10)11)16(2)22(26(29,6)7)17(3)24(32)27(15,23)8;1-14-11-19-27(13-32-19,34-17(4)29)21-23-28(35-24(31)33-23)12-18(36-37(8,9)10)15(2)20(25(28,5)6)16(3)22(30)26(14,21)7/h15,17,20-21,23,25,33H,12-14H2,1-11H3;14,16,18-19,21,23H,11-13H2,1-10H3/t15-,17+,20-,21+,23?,25-,27+,28-,29+;14-,16+,18-,19+,21?,23-,26+,27-,28+/m00/s1. The van der Waals surface area contributed by atoms with Crippen molar-refractivity contribution >= 4 is 52.3 Å². The molecule has 1 N–H and O–H groups in total. The van der Waals surface area contributed by atoms with Crippen molar-refractivity contribution in [1.82, 2.24) is 0 Å². The van der Waals surface area contributed by atoms with Gasteiger partial charge in [-0.2, -0.15) is 0 Å². The van der Waals surface area contributed by atoms with Gasteiger partial charge in [0, 0.05) is 67.1 Å². The molecule has 3 aliphatic heterocycles. The summed E-state index contributed by atoms with van der Waals surface area (Å²) < 4.78 is 56.0.